The molecular formula is C19H23NO4Si. The van der Waals surface area contributed by atoms with Gasteiger partial charge in [0.2, 0.25) is 0 Å². The highest BCUT2D eigenvalue weighted by Gasteiger charge is 2.37. The summed E-state index contributed by atoms with van der Waals surface area (Å²) in [6.07, 6.45) is 0.704. The Morgan fingerprint density at radius 2 is 1.60 bits per heavy atom. The lowest BCUT2D eigenvalue weighted by Crippen LogP contribution is -2.42. The van der Waals surface area contributed by atoms with Crippen molar-refractivity contribution in [1.82, 2.24) is 0 Å². The van der Waals surface area contributed by atoms with Gasteiger partial charge in [-0.25, -0.2) is 0 Å². The van der Waals surface area contributed by atoms with E-state index in [0.717, 1.165) is 11.1 Å². The van der Waals surface area contributed by atoms with E-state index >= 15 is 0 Å². The second-order valence-electron chi connectivity index (χ2n) is 5.41. The van der Waals surface area contributed by atoms with E-state index in [9.17, 15) is 5.26 Å². The highest BCUT2D eigenvalue weighted by Crippen LogP contribution is 2.33. The summed E-state index contributed by atoms with van der Waals surface area (Å²) in [5.74, 6) is 0.607. The van der Waals surface area contributed by atoms with Crippen LogP contribution in [0, 0.1) is 11.3 Å². The minimum atomic E-state index is -2.60. The average molecular weight is 357 g/mol. The van der Waals surface area contributed by atoms with E-state index in [0.29, 0.717) is 30.4 Å². The molecule has 0 saturated heterocycles. The number of hydrogen-bond donors (Lipinski definition) is 0. The first kappa shape index (κ1) is 19.2. The topological polar surface area (TPSA) is 60.7 Å². The van der Waals surface area contributed by atoms with Crippen LogP contribution < -0.4 is 4.74 Å². The number of nitriles is 1. The molecule has 0 radical (unpaired) electrons. The summed E-state index contributed by atoms with van der Waals surface area (Å²) in [5.41, 5.74) is 2.45. The summed E-state index contributed by atoms with van der Waals surface area (Å²) in [6, 6.07) is 18.3. The van der Waals surface area contributed by atoms with E-state index in [2.05, 4.69) is 6.07 Å². The molecule has 0 bridgehead atoms. The molecule has 2 rings (SSSR count). The van der Waals surface area contributed by atoms with Gasteiger partial charge in [-0.2, -0.15) is 5.26 Å². The summed E-state index contributed by atoms with van der Waals surface area (Å²) in [7, 11) is 2.19. The van der Waals surface area contributed by atoms with Crippen molar-refractivity contribution in [3.05, 3.63) is 54.1 Å². The normalized spacial score (nSPS) is 11.1. The lowest BCUT2D eigenvalue weighted by atomic mass is 10.0. The van der Waals surface area contributed by atoms with Gasteiger partial charge in [0.05, 0.1) is 12.2 Å². The van der Waals surface area contributed by atoms with E-state index in [-0.39, 0.29) is 0 Å². The molecule has 0 fully saturated rings. The zero-order valence-electron chi connectivity index (χ0n) is 14.8. The number of rotatable bonds is 9. The molecule has 0 aromatic heterocycles. The van der Waals surface area contributed by atoms with Gasteiger partial charge in [0.15, 0.2) is 0 Å². The summed E-state index contributed by atoms with van der Waals surface area (Å²) in [6.45, 7) is 0.448. The van der Waals surface area contributed by atoms with Gasteiger partial charge in [-0.05, 0) is 18.1 Å². The zero-order valence-corrected chi connectivity index (χ0v) is 15.8. The molecular weight excluding hydrogens is 334 g/mol. The van der Waals surface area contributed by atoms with Crippen LogP contribution in [0.25, 0.3) is 11.1 Å². The molecule has 2 aromatic carbocycles. The largest absolute Gasteiger partial charge is 0.500 e. The van der Waals surface area contributed by atoms with Crippen LogP contribution in [0.4, 0.5) is 0 Å². The molecule has 0 aliphatic rings. The lowest BCUT2D eigenvalue weighted by molar-refractivity contribution is 0.121. The molecule has 2 aromatic rings. The molecule has 25 heavy (non-hydrogen) atoms. The smallest absolute Gasteiger partial charge is 0.492 e. The van der Waals surface area contributed by atoms with Gasteiger partial charge in [-0.15, -0.1) is 0 Å². The van der Waals surface area contributed by atoms with E-state index in [1.807, 2.05) is 42.5 Å². The van der Waals surface area contributed by atoms with Gasteiger partial charge in [-0.1, -0.05) is 42.5 Å². The lowest BCUT2D eigenvalue weighted by Gasteiger charge is -2.24. The summed E-state index contributed by atoms with van der Waals surface area (Å²) >= 11 is 0. The van der Waals surface area contributed by atoms with Gasteiger partial charge in [-0.3, -0.25) is 0 Å². The average Bonchev–Trinajstić information content (AvgIpc) is 2.69. The number of para-hydroxylation sites is 1. The predicted molar refractivity (Wildman–Crippen MR) is 98.3 cm³/mol. The van der Waals surface area contributed by atoms with Crippen molar-refractivity contribution in [3.8, 4) is 22.9 Å². The van der Waals surface area contributed by atoms with Crippen LogP contribution in [0.15, 0.2) is 48.5 Å². The first-order valence-corrected chi connectivity index (χ1v) is 9.99. The molecule has 5 nitrogen and oxygen atoms in total. The first-order chi connectivity index (χ1) is 12.2. The maximum atomic E-state index is 9.41. The maximum absolute atomic E-state index is 9.41. The Morgan fingerprint density at radius 3 is 2.20 bits per heavy atom. The summed E-state index contributed by atoms with van der Waals surface area (Å²) in [4.78, 5) is 0. The highest BCUT2D eigenvalue weighted by atomic mass is 28.4. The number of ether oxygens (including phenoxy) is 1. The minimum absolute atomic E-state index is 0.448. The van der Waals surface area contributed by atoms with Crippen LogP contribution in [0.1, 0.15) is 12.0 Å². The van der Waals surface area contributed by atoms with E-state index in [1.165, 1.54) is 0 Å². The van der Waals surface area contributed by atoms with Crippen molar-refractivity contribution in [1.29, 1.82) is 5.26 Å². The Bertz CT molecular complexity index is 703. The Balaban J connectivity index is 2.13. The van der Waals surface area contributed by atoms with Crippen LogP contribution in [0.5, 0.6) is 5.75 Å². The van der Waals surface area contributed by atoms with Crippen molar-refractivity contribution in [3.63, 3.8) is 0 Å². The Hall–Kier alpha value is -2.17. The van der Waals surface area contributed by atoms with Crippen LogP contribution in [0.2, 0.25) is 6.04 Å². The van der Waals surface area contributed by atoms with Gasteiger partial charge in [0.25, 0.3) is 0 Å². The fraction of sp³-hybridized carbons (Fsp3) is 0.316. The second-order valence-corrected chi connectivity index (χ2v) is 8.50. The van der Waals surface area contributed by atoms with Crippen LogP contribution >= 0.6 is 0 Å². The molecule has 0 aliphatic heterocycles. The van der Waals surface area contributed by atoms with Gasteiger partial charge >= 0.3 is 8.80 Å². The third-order valence-electron chi connectivity index (χ3n) is 4.03. The van der Waals surface area contributed by atoms with Crippen LogP contribution in [-0.4, -0.2) is 36.7 Å². The van der Waals surface area contributed by atoms with Crippen LogP contribution in [-0.2, 0) is 13.3 Å². The number of nitrogens with zero attached hydrogens (tertiary/aromatic N) is 1. The molecule has 0 unspecified atom stereocenters. The second kappa shape index (κ2) is 9.35. The molecule has 132 valence electrons. The standard InChI is InChI=1S/C19H23NO4Si/c1-21-25(22-2,23-3)14-8-13-24-19-17(15-20)11-7-12-18(19)16-9-5-4-6-10-16/h4-7,9-12H,8,13-14H2,1-3H3. The molecule has 0 spiro atoms. The first-order valence-electron chi connectivity index (χ1n) is 8.06. The van der Waals surface area contributed by atoms with E-state index in [4.69, 9.17) is 18.0 Å². The number of benzene rings is 2. The molecule has 0 amide bonds. The monoisotopic (exact) mass is 357 g/mol. The molecule has 6 heteroatoms. The number of hydrogen-bond acceptors (Lipinski definition) is 5. The molecule has 0 heterocycles. The summed E-state index contributed by atoms with van der Waals surface area (Å²) in [5, 5.41) is 9.41. The molecule has 0 N–H and O–H groups in total. The molecule has 0 aliphatic carbocycles. The van der Waals surface area contributed by atoms with E-state index in [1.54, 1.807) is 27.4 Å². The van der Waals surface area contributed by atoms with Crippen molar-refractivity contribution in [2.45, 2.75) is 12.5 Å². The Morgan fingerprint density at radius 1 is 0.920 bits per heavy atom. The van der Waals surface area contributed by atoms with Gasteiger partial charge in [0.1, 0.15) is 11.8 Å². The van der Waals surface area contributed by atoms with Crippen molar-refractivity contribution in [2.75, 3.05) is 27.9 Å². The van der Waals surface area contributed by atoms with Crippen LogP contribution in [0.3, 0.4) is 0 Å². The van der Waals surface area contributed by atoms with Crippen molar-refractivity contribution < 1.29 is 18.0 Å². The maximum Gasteiger partial charge on any atom is 0.500 e. The van der Waals surface area contributed by atoms with Crippen molar-refractivity contribution in [2.24, 2.45) is 0 Å². The zero-order chi connectivity index (χ0) is 18.1. The fourth-order valence-corrected chi connectivity index (χ4v) is 4.33. The Kier molecular flexibility index (Phi) is 7.16. The quantitative estimate of drug-likeness (QED) is 0.503. The SMILES string of the molecule is CO[Si](CCCOc1c(C#N)cccc1-c1ccccc1)(OC)OC. The third-order valence-corrected chi connectivity index (χ3v) is 6.86. The predicted octanol–water partition coefficient (Wildman–Crippen LogP) is 3.87. The highest BCUT2D eigenvalue weighted by molar-refractivity contribution is 6.60. The van der Waals surface area contributed by atoms with Crippen molar-refractivity contribution >= 4 is 8.80 Å². The summed E-state index contributed by atoms with van der Waals surface area (Å²) < 4.78 is 22.2. The molecule has 0 atom stereocenters. The third kappa shape index (κ3) is 4.68. The Labute approximate surface area is 150 Å². The molecule has 0 saturated carbocycles. The van der Waals surface area contributed by atoms with E-state index < -0.39 is 8.80 Å². The fourth-order valence-electron chi connectivity index (χ4n) is 2.64. The van der Waals surface area contributed by atoms with Gasteiger partial charge < -0.3 is 18.0 Å². The minimum Gasteiger partial charge on any atom is -0.492 e. The van der Waals surface area contributed by atoms with Gasteiger partial charge in [0, 0.05) is 32.9 Å².